The van der Waals surface area contributed by atoms with Crippen LogP contribution in [0.2, 0.25) is 0 Å². The van der Waals surface area contributed by atoms with Crippen LogP contribution in [0.5, 0.6) is 11.5 Å². The molecule has 0 radical (unpaired) electrons. The number of fused-ring (bicyclic) bond motifs is 2. The minimum atomic E-state index is -0.0356. The summed E-state index contributed by atoms with van der Waals surface area (Å²) in [6.07, 6.45) is 1.33. The molecule has 0 unspecified atom stereocenters. The lowest BCUT2D eigenvalue weighted by atomic mass is 10.1. The van der Waals surface area contributed by atoms with Gasteiger partial charge in [0.05, 0.1) is 6.54 Å². The van der Waals surface area contributed by atoms with Gasteiger partial charge in [-0.25, -0.2) is 4.98 Å². The molecule has 2 aromatic carbocycles. The first-order valence-electron chi connectivity index (χ1n) is 8.96. The maximum absolute atomic E-state index is 12.9. The minimum absolute atomic E-state index is 0.0356. The van der Waals surface area contributed by atoms with E-state index in [0.29, 0.717) is 48.9 Å². The molecule has 3 heterocycles. The zero-order chi connectivity index (χ0) is 18.2. The van der Waals surface area contributed by atoms with Gasteiger partial charge in [0.1, 0.15) is 11.5 Å². The maximum Gasteiger partial charge on any atom is 0.254 e. The highest BCUT2D eigenvalue weighted by Crippen LogP contribution is 2.33. The SMILES string of the molecule is O=C(c1ccc2c(c1)OCO2)N1CCc2oc(Cc3ccccc3)nc2C1. The Bertz CT molecular complexity index is 997. The molecule has 1 amide bonds. The molecule has 136 valence electrons. The molecule has 6 heteroatoms. The molecule has 0 aliphatic carbocycles. The van der Waals surface area contributed by atoms with Crippen molar-refractivity contribution in [1.29, 1.82) is 0 Å². The van der Waals surface area contributed by atoms with E-state index in [2.05, 4.69) is 17.1 Å². The van der Waals surface area contributed by atoms with Crippen molar-refractivity contribution in [3.8, 4) is 11.5 Å². The monoisotopic (exact) mass is 362 g/mol. The molecule has 1 aromatic heterocycles. The first-order valence-corrected chi connectivity index (χ1v) is 8.96. The predicted octanol–water partition coefficient (Wildman–Crippen LogP) is 3.19. The number of oxazole rings is 1. The Morgan fingerprint density at radius 3 is 2.81 bits per heavy atom. The summed E-state index contributed by atoms with van der Waals surface area (Å²) in [5.74, 6) is 2.84. The molecule has 0 saturated carbocycles. The van der Waals surface area contributed by atoms with E-state index < -0.39 is 0 Å². The molecule has 2 aliphatic heterocycles. The summed E-state index contributed by atoms with van der Waals surface area (Å²) in [6.45, 7) is 1.27. The number of carbonyl (C=O) groups is 1. The van der Waals surface area contributed by atoms with Gasteiger partial charge in [-0.3, -0.25) is 4.79 Å². The molecule has 0 bridgehead atoms. The fourth-order valence-corrected chi connectivity index (χ4v) is 3.48. The lowest BCUT2D eigenvalue weighted by Gasteiger charge is -2.25. The number of aromatic nitrogens is 1. The Morgan fingerprint density at radius 1 is 1.07 bits per heavy atom. The fraction of sp³-hybridized carbons (Fsp3) is 0.238. The normalized spacial score (nSPS) is 14.9. The molecule has 27 heavy (non-hydrogen) atoms. The average Bonchev–Trinajstić information content (AvgIpc) is 3.33. The van der Waals surface area contributed by atoms with Crippen LogP contribution in [0.3, 0.4) is 0 Å². The number of hydrogen-bond acceptors (Lipinski definition) is 5. The third-order valence-electron chi connectivity index (χ3n) is 4.88. The molecule has 0 fully saturated rings. The van der Waals surface area contributed by atoms with E-state index in [1.54, 1.807) is 23.1 Å². The Kier molecular flexibility index (Phi) is 3.81. The van der Waals surface area contributed by atoms with Gasteiger partial charge in [-0.15, -0.1) is 0 Å². The van der Waals surface area contributed by atoms with Gasteiger partial charge in [-0.2, -0.15) is 0 Å². The first kappa shape index (κ1) is 15.9. The number of ether oxygens (including phenoxy) is 2. The summed E-state index contributed by atoms with van der Waals surface area (Å²) in [7, 11) is 0. The van der Waals surface area contributed by atoms with Gasteiger partial charge in [0.15, 0.2) is 17.4 Å². The van der Waals surface area contributed by atoms with Gasteiger partial charge in [0, 0.05) is 24.9 Å². The Labute approximate surface area is 156 Å². The lowest BCUT2D eigenvalue weighted by molar-refractivity contribution is 0.0727. The predicted molar refractivity (Wildman–Crippen MR) is 96.8 cm³/mol. The summed E-state index contributed by atoms with van der Waals surface area (Å²) in [5, 5.41) is 0. The second-order valence-corrected chi connectivity index (χ2v) is 6.68. The topological polar surface area (TPSA) is 64.8 Å². The molecule has 5 rings (SSSR count). The summed E-state index contributed by atoms with van der Waals surface area (Å²) in [4.78, 5) is 19.3. The second kappa shape index (κ2) is 6.46. The lowest BCUT2D eigenvalue weighted by Crippen LogP contribution is -2.35. The average molecular weight is 362 g/mol. The smallest absolute Gasteiger partial charge is 0.254 e. The van der Waals surface area contributed by atoms with E-state index in [1.807, 2.05) is 18.2 Å². The van der Waals surface area contributed by atoms with Gasteiger partial charge in [-0.1, -0.05) is 30.3 Å². The van der Waals surface area contributed by atoms with E-state index in [-0.39, 0.29) is 12.7 Å². The molecular weight excluding hydrogens is 344 g/mol. The van der Waals surface area contributed by atoms with Crippen LogP contribution in [0.4, 0.5) is 0 Å². The van der Waals surface area contributed by atoms with Gasteiger partial charge >= 0.3 is 0 Å². The highest BCUT2D eigenvalue weighted by atomic mass is 16.7. The molecular formula is C21H18N2O4. The van der Waals surface area contributed by atoms with Crippen molar-refractivity contribution in [2.75, 3.05) is 13.3 Å². The summed E-state index contributed by atoms with van der Waals surface area (Å²) in [5.41, 5.74) is 2.60. The van der Waals surface area contributed by atoms with Crippen molar-refractivity contribution in [1.82, 2.24) is 9.88 Å². The van der Waals surface area contributed by atoms with E-state index in [4.69, 9.17) is 13.9 Å². The number of rotatable bonds is 3. The van der Waals surface area contributed by atoms with Crippen LogP contribution in [0.25, 0.3) is 0 Å². The highest BCUT2D eigenvalue weighted by Gasteiger charge is 2.27. The number of nitrogens with zero attached hydrogens (tertiary/aromatic N) is 2. The third kappa shape index (κ3) is 3.03. The van der Waals surface area contributed by atoms with Crippen LogP contribution >= 0.6 is 0 Å². The van der Waals surface area contributed by atoms with Crippen molar-refractivity contribution >= 4 is 5.91 Å². The standard InChI is InChI=1S/C21H18N2O4/c24-21(15-6-7-18-19(11-15)26-13-25-18)23-9-8-17-16(12-23)22-20(27-17)10-14-4-2-1-3-5-14/h1-7,11H,8-10,12-13H2. The number of hydrogen-bond donors (Lipinski definition) is 0. The second-order valence-electron chi connectivity index (χ2n) is 6.68. The Balaban J connectivity index is 1.33. The zero-order valence-corrected chi connectivity index (χ0v) is 14.7. The molecule has 3 aromatic rings. The van der Waals surface area contributed by atoms with Gasteiger partial charge in [-0.05, 0) is 23.8 Å². The van der Waals surface area contributed by atoms with Gasteiger partial charge in [0.25, 0.3) is 5.91 Å². The molecule has 0 spiro atoms. The van der Waals surface area contributed by atoms with Crippen molar-refractivity contribution in [2.45, 2.75) is 19.4 Å². The van der Waals surface area contributed by atoms with E-state index in [1.165, 1.54) is 0 Å². The van der Waals surface area contributed by atoms with Gasteiger partial charge in [0.2, 0.25) is 6.79 Å². The first-order chi connectivity index (χ1) is 13.3. The van der Waals surface area contributed by atoms with Crippen molar-refractivity contribution in [3.05, 3.63) is 77.0 Å². The molecule has 2 aliphatic rings. The van der Waals surface area contributed by atoms with Crippen LogP contribution in [0.15, 0.2) is 52.9 Å². The quantitative estimate of drug-likeness (QED) is 0.716. The minimum Gasteiger partial charge on any atom is -0.454 e. The number of carbonyl (C=O) groups excluding carboxylic acids is 1. The number of benzene rings is 2. The van der Waals surface area contributed by atoms with Crippen molar-refractivity contribution < 1.29 is 18.7 Å². The van der Waals surface area contributed by atoms with E-state index in [0.717, 1.165) is 17.0 Å². The zero-order valence-electron chi connectivity index (χ0n) is 14.7. The summed E-state index contributed by atoms with van der Waals surface area (Å²) < 4.78 is 16.6. The third-order valence-corrected chi connectivity index (χ3v) is 4.88. The van der Waals surface area contributed by atoms with Gasteiger partial charge < -0.3 is 18.8 Å². The van der Waals surface area contributed by atoms with E-state index >= 15 is 0 Å². The molecule has 6 nitrogen and oxygen atoms in total. The van der Waals surface area contributed by atoms with Crippen LogP contribution in [0.1, 0.15) is 33.3 Å². The van der Waals surface area contributed by atoms with Crippen molar-refractivity contribution in [3.63, 3.8) is 0 Å². The van der Waals surface area contributed by atoms with Crippen LogP contribution < -0.4 is 9.47 Å². The summed E-state index contributed by atoms with van der Waals surface area (Å²) >= 11 is 0. The Morgan fingerprint density at radius 2 is 1.93 bits per heavy atom. The van der Waals surface area contributed by atoms with E-state index in [9.17, 15) is 4.79 Å². The van der Waals surface area contributed by atoms with Crippen LogP contribution in [0, 0.1) is 0 Å². The van der Waals surface area contributed by atoms with Crippen LogP contribution in [-0.4, -0.2) is 29.1 Å². The van der Waals surface area contributed by atoms with Crippen molar-refractivity contribution in [2.24, 2.45) is 0 Å². The molecule has 0 N–H and O–H groups in total. The fourth-order valence-electron chi connectivity index (χ4n) is 3.48. The Hall–Kier alpha value is -3.28. The van der Waals surface area contributed by atoms with Crippen LogP contribution in [-0.2, 0) is 19.4 Å². The summed E-state index contributed by atoms with van der Waals surface area (Å²) in [6, 6.07) is 15.4. The number of amides is 1. The highest BCUT2D eigenvalue weighted by molar-refractivity contribution is 5.95. The molecule has 0 atom stereocenters. The molecule has 0 saturated heterocycles. The maximum atomic E-state index is 12.9. The largest absolute Gasteiger partial charge is 0.454 e.